The SMILES string of the molecule is C[C@@H](C(=O)Nc1ccc2c(c1)OCCO2)[NH+](C)CC(=O)Nc1ccc(F)cc1. The van der Waals surface area contributed by atoms with Gasteiger partial charge in [0.2, 0.25) is 0 Å². The molecule has 1 aliphatic rings. The van der Waals surface area contributed by atoms with Gasteiger partial charge in [0.15, 0.2) is 24.1 Å². The smallest absolute Gasteiger partial charge is 0.282 e. The highest BCUT2D eigenvalue weighted by Gasteiger charge is 2.24. The van der Waals surface area contributed by atoms with E-state index < -0.39 is 6.04 Å². The van der Waals surface area contributed by atoms with E-state index in [1.807, 2.05) is 0 Å². The fraction of sp³-hybridized carbons (Fsp3) is 0.300. The minimum Gasteiger partial charge on any atom is -0.486 e. The number of hydrogen-bond donors (Lipinski definition) is 3. The lowest BCUT2D eigenvalue weighted by molar-refractivity contribution is -0.885. The highest BCUT2D eigenvalue weighted by Crippen LogP contribution is 2.32. The van der Waals surface area contributed by atoms with Gasteiger partial charge in [-0.3, -0.25) is 9.59 Å². The van der Waals surface area contributed by atoms with Crippen LogP contribution in [0, 0.1) is 5.82 Å². The number of rotatable bonds is 6. The van der Waals surface area contributed by atoms with Gasteiger partial charge >= 0.3 is 0 Å². The summed E-state index contributed by atoms with van der Waals surface area (Å²) in [5.74, 6) is 0.394. The molecule has 7 nitrogen and oxygen atoms in total. The molecule has 2 atom stereocenters. The number of anilines is 2. The molecule has 0 radical (unpaired) electrons. The minimum absolute atomic E-state index is 0.0904. The zero-order valence-electron chi connectivity index (χ0n) is 15.8. The van der Waals surface area contributed by atoms with Crippen molar-refractivity contribution in [2.24, 2.45) is 0 Å². The number of halogens is 1. The van der Waals surface area contributed by atoms with Crippen LogP contribution in [-0.2, 0) is 9.59 Å². The summed E-state index contributed by atoms with van der Waals surface area (Å²) >= 11 is 0. The van der Waals surface area contributed by atoms with Crippen LogP contribution in [0.1, 0.15) is 6.92 Å². The summed E-state index contributed by atoms with van der Waals surface area (Å²) in [4.78, 5) is 25.4. The Morgan fingerprint density at radius 2 is 1.68 bits per heavy atom. The van der Waals surface area contributed by atoms with Crippen molar-refractivity contribution in [3.8, 4) is 11.5 Å². The van der Waals surface area contributed by atoms with Gasteiger partial charge in [0, 0.05) is 17.4 Å². The first kappa shape index (κ1) is 19.6. The Hall–Kier alpha value is -3.13. The van der Waals surface area contributed by atoms with Gasteiger partial charge < -0.3 is 25.0 Å². The normalized spacial score (nSPS) is 14.7. The van der Waals surface area contributed by atoms with Crippen molar-refractivity contribution < 1.29 is 28.4 Å². The molecular weight excluding hydrogens is 365 g/mol. The molecule has 1 aliphatic heterocycles. The number of carbonyl (C=O) groups excluding carboxylic acids is 2. The fourth-order valence-corrected chi connectivity index (χ4v) is 2.74. The number of nitrogens with one attached hydrogen (secondary N) is 3. The first-order valence-corrected chi connectivity index (χ1v) is 9.00. The summed E-state index contributed by atoms with van der Waals surface area (Å²) in [7, 11) is 1.76. The highest BCUT2D eigenvalue weighted by atomic mass is 19.1. The van der Waals surface area contributed by atoms with Gasteiger partial charge in [-0.05, 0) is 43.3 Å². The van der Waals surface area contributed by atoms with Crippen LogP contribution in [0.4, 0.5) is 15.8 Å². The molecule has 0 saturated carbocycles. The van der Waals surface area contributed by atoms with Crippen molar-refractivity contribution in [1.82, 2.24) is 0 Å². The van der Waals surface area contributed by atoms with Crippen molar-refractivity contribution in [3.63, 3.8) is 0 Å². The molecule has 2 aromatic rings. The lowest BCUT2D eigenvalue weighted by atomic mass is 10.2. The van der Waals surface area contributed by atoms with E-state index in [1.54, 1.807) is 32.2 Å². The fourth-order valence-electron chi connectivity index (χ4n) is 2.74. The Kier molecular flexibility index (Phi) is 6.10. The molecule has 2 aromatic carbocycles. The third-order valence-corrected chi connectivity index (χ3v) is 4.51. The molecule has 2 amide bonds. The molecule has 0 bridgehead atoms. The average Bonchev–Trinajstić information content (AvgIpc) is 2.69. The molecule has 3 N–H and O–H groups in total. The molecular formula is C20H23FN3O4+. The zero-order chi connectivity index (χ0) is 20.1. The van der Waals surface area contributed by atoms with E-state index >= 15 is 0 Å². The maximum Gasteiger partial charge on any atom is 0.282 e. The Morgan fingerprint density at radius 3 is 2.39 bits per heavy atom. The van der Waals surface area contributed by atoms with Crippen molar-refractivity contribution in [2.45, 2.75) is 13.0 Å². The van der Waals surface area contributed by atoms with E-state index in [1.165, 1.54) is 24.3 Å². The van der Waals surface area contributed by atoms with Crippen molar-refractivity contribution in [1.29, 1.82) is 0 Å². The van der Waals surface area contributed by atoms with Crippen LogP contribution in [0.3, 0.4) is 0 Å². The number of ether oxygens (including phenoxy) is 2. The third kappa shape index (κ3) is 4.98. The summed E-state index contributed by atoms with van der Waals surface area (Å²) in [6.45, 7) is 2.81. The van der Waals surface area contributed by atoms with Crippen LogP contribution < -0.4 is 25.0 Å². The molecule has 0 saturated heterocycles. The van der Waals surface area contributed by atoms with Gasteiger partial charge in [-0.1, -0.05) is 0 Å². The number of benzene rings is 2. The third-order valence-electron chi connectivity index (χ3n) is 4.51. The summed E-state index contributed by atoms with van der Waals surface area (Å²) in [6, 6.07) is 10.3. The summed E-state index contributed by atoms with van der Waals surface area (Å²) in [6.07, 6.45) is 0. The molecule has 148 valence electrons. The number of fused-ring (bicyclic) bond motifs is 1. The average molecular weight is 388 g/mol. The minimum atomic E-state index is -0.466. The van der Waals surface area contributed by atoms with E-state index in [4.69, 9.17) is 9.47 Å². The monoisotopic (exact) mass is 388 g/mol. The Morgan fingerprint density at radius 1 is 1.04 bits per heavy atom. The number of quaternary nitrogens is 1. The maximum absolute atomic E-state index is 12.9. The second-order valence-electron chi connectivity index (χ2n) is 6.65. The molecule has 1 unspecified atom stereocenters. The molecule has 3 rings (SSSR count). The Balaban J connectivity index is 1.53. The summed E-state index contributed by atoms with van der Waals surface area (Å²) < 4.78 is 23.9. The van der Waals surface area contributed by atoms with Crippen LogP contribution in [0.25, 0.3) is 0 Å². The first-order chi connectivity index (χ1) is 13.4. The van der Waals surface area contributed by atoms with Crippen LogP contribution in [0.15, 0.2) is 42.5 Å². The Labute approximate surface area is 162 Å². The quantitative estimate of drug-likeness (QED) is 0.692. The standard InChI is InChI=1S/C20H22FN3O4/c1-13(24(2)12-19(25)22-15-5-3-14(21)4-6-15)20(26)23-16-7-8-17-18(11-16)28-10-9-27-17/h3-8,11,13H,9-10,12H2,1-2H3,(H,22,25)(H,23,26)/p+1/t13-/m0/s1. The number of amides is 2. The van der Waals surface area contributed by atoms with Crippen molar-refractivity contribution in [2.75, 3.05) is 37.4 Å². The van der Waals surface area contributed by atoms with E-state index in [-0.39, 0.29) is 24.2 Å². The van der Waals surface area contributed by atoms with E-state index in [2.05, 4.69) is 10.6 Å². The van der Waals surface area contributed by atoms with E-state index in [0.29, 0.717) is 36.1 Å². The lowest BCUT2D eigenvalue weighted by Crippen LogP contribution is -3.14. The van der Waals surface area contributed by atoms with Crippen molar-refractivity contribution in [3.05, 3.63) is 48.3 Å². The molecule has 8 heteroatoms. The van der Waals surface area contributed by atoms with Gasteiger partial charge in [0.05, 0.1) is 7.05 Å². The summed E-state index contributed by atoms with van der Waals surface area (Å²) in [5.41, 5.74) is 1.11. The molecule has 0 spiro atoms. The van der Waals surface area contributed by atoms with Crippen LogP contribution >= 0.6 is 0 Å². The molecule has 0 aromatic heterocycles. The second-order valence-corrected chi connectivity index (χ2v) is 6.65. The predicted octanol–water partition coefficient (Wildman–Crippen LogP) is 1.08. The van der Waals surface area contributed by atoms with Crippen LogP contribution in [0.2, 0.25) is 0 Å². The lowest BCUT2D eigenvalue weighted by Gasteiger charge is -2.22. The topological polar surface area (TPSA) is 81.1 Å². The van der Waals surface area contributed by atoms with E-state index in [0.717, 1.165) is 4.90 Å². The van der Waals surface area contributed by atoms with Gasteiger partial charge in [0.1, 0.15) is 19.0 Å². The number of hydrogen-bond acceptors (Lipinski definition) is 4. The van der Waals surface area contributed by atoms with Crippen LogP contribution in [0.5, 0.6) is 11.5 Å². The number of likely N-dealkylation sites (N-methyl/N-ethyl adjacent to an activating group) is 1. The Bertz CT molecular complexity index is 857. The molecule has 28 heavy (non-hydrogen) atoms. The van der Waals surface area contributed by atoms with Gasteiger partial charge in [-0.25, -0.2) is 4.39 Å². The van der Waals surface area contributed by atoms with E-state index in [9.17, 15) is 14.0 Å². The summed E-state index contributed by atoms with van der Waals surface area (Å²) in [5, 5.41) is 5.52. The highest BCUT2D eigenvalue weighted by molar-refractivity contribution is 5.94. The van der Waals surface area contributed by atoms with Crippen molar-refractivity contribution >= 4 is 23.2 Å². The predicted molar refractivity (Wildman–Crippen MR) is 102 cm³/mol. The molecule has 0 aliphatic carbocycles. The van der Waals surface area contributed by atoms with Crippen LogP contribution in [-0.4, -0.2) is 44.7 Å². The van der Waals surface area contributed by atoms with Gasteiger partial charge in [-0.2, -0.15) is 0 Å². The zero-order valence-corrected chi connectivity index (χ0v) is 15.8. The van der Waals surface area contributed by atoms with Gasteiger partial charge in [0.25, 0.3) is 11.8 Å². The molecule has 0 fully saturated rings. The maximum atomic E-state index is 12.9. The first-order valence-electron chi connectivity index (χ1n) is 9.00. The molecule has 1 heterocycles. The van der Waals surface area contributed by atoms with Gasteiger partial charge in [-0.15, -0.1) is 0 Å². The number of carbonyl (C=O) groups is 2. The second kappa shape index (κ2) is 8.71. The largest absolute Gasteiger partial charge is 0.486 e.